The van der Waals surface area contributed by atoms with Crippen LogP contribution >= 0.6 is 0 Å². The zero-order valence-electron chi connectivity index (χ0n) is 10.3. The molecule has 1 heterocycles. The molecule has 1 fully saturated rings. The molecule has 16 heavy (non-hydrogen) atoms. The number of Topliss-reactive ketones (excluding diaryl/α,β-unsaturated/α-hetero) is 1. The summed E-state index contributed by atoms with van der Waals surface area (Å²) in [4.78, 5) is 24.5. The Bertz CT molecular complexity index is 241. The van der Waals surface area contributed by atoms with Gasteiger partial charge in [0.1, 0.15) is 5.78 Å². The van der Waals surface area contributed by atoms with Crippen LogP contribution in [0.2, 0.25) is 0 Å². The zero-order valence-corrected chi connectivity index (χ0v) is 10.3. The third-order valence-corrected chi connectivity index (χ3v) is 2.74. The summed E-state index contributed by atoms with van der Waals surface area (Å²) in [5.74, 6) is 1.06. The highest BCUT2D eigenvalue weighted by Crippen LogP contribution is 2.06. The molecule has 0 unspecified atom stereocenters. The van der Waals surface area contributed by atoms with Crippen LogP contribution in [0.3, 0.4) is 0 Å². The van der Waals surface area contributed by atoms with Gasteiger partial charge < -0.3 is 10.2 Å². The van der Waals surface area contributed by atoms with E-state index in [1.54, 1.807) is 4.90 Å². The first-order chi connectivity index (χ1) is 7.59. The third kappa shape index (κ3) is 4.75. The molecule has 0 saturated carbocycles. The first-order valence-electron chi connectivity index (χ1n) is 6.10. The lowest BCUT2D eigenvalue weighted by Gasteiger charge is -2.26. The van der Waals surface area contributed by atoms with E-state index in [-0.39, 0.29) is 11.7 Å². The van der Waals surface area contributed by atoms with Crippen LogP contribution in [0.4, 0.5) is 0 Å². The number of amides is 1. The standard InChI is InChI=1S/C12H22N2O2/c1-10(2)9-13-6-3-12(16)14-7-4-11(15)5-8-14/h10,13H,3-9H2,1-2H3. The molecule has 0 spiro atoms. The van der Waals surface area contributed by atoms with Crippen molar-refractivity contribution in [2.24, 2.45) is 5.92 Å². The van der Waals surface area contributed by atoms with Gasteiger partial charge in [-0.15, -0.1) is 0 Å². The number of hydrogen-bond donors (Lipinski definition) is 1. The van der Waals surface area contributed by atoms with Crippen LogP contribution in [-0.4, -0.2) is 42.8 Å². The lowest BCUT2D eigenvalue weighted by atomic mass is 10.1. The molecule has 1 N–H and O–H groups in total. The van der Waals surface area contributed by atoms with Gasteiger partial charge in [0.2, 0.25) is 5.91 Å². The molecule has 92 valence electrons. The van der Waals surface area contributed by atoms with Crippen molar-refractivity contribution in [2.75, 3.05) is 26.2 Å². The fourth-order valence-electron chi connectivity index (χ4n) is 1.75. The van der Waals surface area contributed by atoms with Crippen LogP contribution in [-0.2, 0) is 9.59 Å². The Morgan fingerprint density at radius 1 is 1.38 bits per heavy atom. The van der Waals surface area contributed by atoms with E-state index < -0.39 is 0 Å². The van der Waals surface area contributed by atoms with Gasteiger partial charge in [-0.25, -0.2) is 0 Å². The summed E-state index contributed by atoms with van der Waals surface area (Å²) in [5.41, 5.74) is 0. The molecule has 1 aliphatic rings. The van der Waals surface area contributed by atoms with Crippen molar-refractivity contribution in [3.05, 3.63) is 0 Å². The minimum absolute atomic E-state index is 0.170. The van der Waals surface area contributed by atoms with E-state index >= 15 is 0 Å². The third-order valence-electron chi connectivity index (χ3n) is 2.74. The molecule has 1 amide bonds. The van der Waals surface area contributed by atoms with Crippen molar-refractivity contribution >= 4 is 11.7 Å². The van der Waals surface area contributed by atoms with E-state index in [9.17, 15) is 9.59 Å². The number of likely N-dealkylation sites (tertiary alicyclic amines) is 1. The fraction of sp³-hybridized carbons (Fsp3) is 0.833. The Kier molecular flexibility index (Phi) is 5.46. The maximum absolute atomic E-state index is 11.7. The minimum Gasteiger partial charge on any atom is -0.342 e. The predicted molar refractivity (Wildman–Crippen MR) is 63.1 cm³/mol. The highest BCUT2D eigenvalue weighted by molar-refractivity contribution is 5.83. The summed E-state index contributed by atoms with van der Waals surface area (Å²) in [7, 11) is 0. The summed E-state index contributed by atoms with van der Waals surface area (Å²) < 4.78 is 0. The van der Waals surface area contributed by atoms with Gasteiger partial charge in [-0.3, -0.25) is 9.59 Å². The molecule has 4 nitrogen and oxygen atoms in total. The second kappa shape index (κ2) is 6.63. The summed E-state index contributed by atoms with van der Waals surface area (Å²) in [6.07, 6.45) is 1.61. The molecular weight excluding hydrogens is 204 g/mol. The van der Waals surface area contributed by atoms with Gasteiger partial charge in [-0.05, 0) is 12.5 Å². The van der Waals surface area contributed by atoms with Gasteiger partial charge in [0.15, 0.2) is 0 Å². The van der Waals surface area contributed by atoms with Crippen LogP contribution in [0.5, 0.6) is 0 Å². The predicted octanol–water partition coefficient (Wildman–Crippen LogP) is 0.814. The lowest BCUT2D eigenvalue weighted by molar-refractivity contribution is -0.134. The summed E-state index contributed by atoms with van der Waals surface area (Å²) in [5, 5.41) is 3.25. The molecule has 0 aliphatic carbocycles. The molecule has 0 bridgehead atoms. The Balaban J connectivity index is 2.12. The average molecular weight is 226 g/mol. The first kappa shape index (κ1) is 13.2. The van der Waals surface area contributed by atoms with Gasteiger partial charge >= 0.3 is 0 Å². The number of rotatable bonds is 5. The number of nitrogens with zero attached hydrogens (tertiary/aromatic N) is 1. The largest absolute Gasteiger partial charge is 0.342 e. The van der Waals surface area contributed by atoms with Crippen LogP contribution in [0, 0.1) is 5.92 Å². The second-order valence-corrected chi connectivity index (χ2v) is 4.77. The van der Waals surface area contributed by atoms with Gasteiger partial charge in [0.05, 0.1) is 0 Å². The number of carbonyl (C=O) groups excluding carboxylic acids is 2. The SMILES string of the molecule is CC(C)CNCCC(=O)N1CCC(=O)CC1. The van der Waals surface area contributed by atoms with Crippen molar-refractivity contribution in [1.82, 2.24) is 10.2 Å². The topological polar surface area (TPSA) is 49.4 Å². The van der Waals surface area contributed by atoms with Crippen molar-refractivity contribution < 1.29 is 9.59 Å². The number of nitrogens with one attached hydrogen (secondary N) is 1. The normalized spacial score (nSPS) is 16.9. The van der Waals surface area contributed by atoms with Crippen molar-refractivity contribution in [3.63, 3.8) is 0 Å². The van der Waals surface area contributed by atoms with Crippen molar-refractivity contribution in [2.45, 2.75) is 33.1 Å². The minimum atomic E-state index is 0.170. The summed E-state index contributed by atoms with van der Waals surface area (Å²) in [6.45, 7) is 7.20. The van der Waals surface area contributed by atoms with E-state index in [2.05, 4.69) is 19.2 Å². The van der Waals surface area contributed by atoms with E-state index in [1.165, 1.54) is 0 Å². The molecule has 0 atom stereocenters. The summed E-state index contributed by atoms with van der Waals surface area (Å²) in [6, 6.07) is 0. The van der Waals surface area contributed by atoms with Crippen LogP contribution in [0.25, 0.3) is 0 Å². The molecule has 0 radical (unpaired) electrons. The average Bonchev–Trinajstić information content (AvgIpc) is 2.25. The zero-order chi connectivity index (χ0) is 12.0. The van der Waals surface area contributed by atoms with Crippen molar-refractivity contribution in [3.8, 4) is 0 Å². The monoisotopic (exact) mass is 226 g/mol. The molecule has 1 saturated heterocycles. The molecule has 0 aromatic rings. The quantitative estimate of drug-likeness (QED) is 0.706. The summed E-state index contributed by atoms with van der Waals surface area (Å²) >= 11 is 0. The maximum atomic E-state index is 11.7. The molecule has 0 aromatic carbocycles. The molecule has 0 aromatic heterocycles. The molecule has 1 rings (SSSR count). The highest BCUT2D eigenvalue weighted by Gasteiger charge is 2.19. The number of hydrogen-bond acceptors (Lipinski definition) is 3. The Morgan fingerprint density at radius 2 is 2.00 bits per heavy atom. The van der Waals surface area contributed by atoms with Gasteiger partial charge in [0, 0.05) is 38.9 Å². The number of ketones is 1. The van der Waals surface area contributed by atoms with Gasteiger partial charge in [0.25, 0.3) is 0 Å². The highest BCUT2D eigenvalue weighted by atomic mass is 16.2. The van der Waals surface area contributed by atoms with Gasteiger partial charge in [-0.2, -0.15) is 0 Å². The fourth-order valence-corrected chi connectivity index (χ4v) is 1.75. The first-order valence-corrected chi connectivity index (χ1v) is 6.10. The number of piperidine rings is 1. The van der Waals surface area contributed by atoms with Gasteiger partial charge in [-0.1, -0.05) is 13.8 Å². The Morgan fingerprint density at radius 3 is 2.56 bits per heavy atom. The Labute approximate surface area is 97.4 Å². The van der Waals surface area contributed by atoms with Crippen LogP contribution in [0.1, 0.15) is 33.1 Å². The van der Waals surface area contributed by atoms with Crippen LogP contribution < -0.4 is 5.32 Å². The second-order valence-electron chi connectivity index (χ2n) is 4.77. The van der Waals surface area contributed by atoms with Crippen molar-refractivity contribution in [1.29, 1.82) is 0 Å². The van der Waals surface area contributed by atoms with E-state index in [0.717, 1.165) is 13.1 Å². The smallest absolute Gasteiger partial charge is 0.223 e. The maximum Gasteiger partial charge on any atom is 0.223 e. The molecule has 4 heteroatoms. The van der Waals surface area contributed by atoms with E-state index in [4.69, 9.17) is 0 Å². The molecular formula is C12H22N2O2. The van der Waals surface area contributed by atoms with E-state index in [1.807, 2.05) is 0 Å². The number of carbonyl (C=O) groups is 2. The Hall–Kier alpha value is -0.900. The van der Waals surface area contributed by atoms with Crippen LogP contribution in [0.15, 0.2) is 0 Å². The van der Waals surface area contributed by atoms with E-state index in [0.29, 0.717) is 38.3 Å². The lowest BCUT2D eigenvalue weighted by Crippen LogP contribution is -2.39. The molecule has 1 aliphatic heterocycles.